The maximum Gasteiger partial charge on any atom is 0.408 e. The Morgan fingerprint density at radius 3 is 2.50 bits per heavy atom. The summed E-state index contributed by atoms with van der Waals surface area (Å²) in [5.74, 6) is 0.103. The number of hydrogen-bond acceptors (Lipinski definition) is 5. The van der Waals surface area contributed by atoms with Crippen LogP contribution in [0.25, 0.3) is 0 Å². The number of alkyl carbamates (subject to hydrolysis) is 1. The summed E-state index contributed by atoms with van der Waals surface area (Å²) < 4.78 is 5.27. The summed E-state index contributed by atoms with van der Waals surface area (Å²) in [7, 11) is 0. The third-order valence-corrected chi connectivity index (χ3v) is 4.51. The van der Waals surface area contributed by atoms with Crippen LogP contribution in [0.2, 0.25) is 0 Å². The molecule has 0 saturated carbocycles. The number of phenols is 1. The minimum absolute atomic E-state index is 0.128. The van der Waals surface area contributed by atoms with Crippen LogP contribution in [0, 0.1) is 5.92 Å². The standard InChI is InChI=1S/C18H27NO5/c1-17(2,3)24-16(23)19-18(10-20,11-21)14-6-4-13-9-15(22)7-5-12(13)8-14/h5,7,9,14,20-22H,4,6,8,10-11H2,1-3H3,(H,19,23)/t14-/m1/s1. The molecule has 0 saturated heterocycles. The van der Waals surface area contributed by atoms with Crippen LogP contribution in [0.5, 0.6) is 5.75 Å². The summed E-state index contributed by atoms with van der Waals surface area (Å²) in [5.41, 5.74) is 0.324. The summed E-state index contributed by atoms with van der Waals surface area (Å²) in [6.45, 7) is 4.53. The van der Waals surface area contributed by atoms with Gasteiger partial charge >= 0.3 is 6.09 Å². The molecule has 0 heterocycles. The van der Waals surface area contributed by atoms with Gasteiger partial charge in [-0.2, -0.15) is 0 Å². The van der Waals surface area contributed by atoms with Crippen molar-refractivity contribution in [2.24, 2.45) is 5.92 Å². The van der Waals surface area contributed by atoms with Crippen molar-refractivity contribution in [2.45, 2.75) is 51.2 Å². The van der Waals surface area contributed by atoms with Crippen LogP contribution in [0.4, 0.5) is 4.79 Å². The van der Waals surface area contributed by atoms with Crippen molar-refractivity contribution in [2.75, 3.05) is 13.2 Å². The highest BCUT2D eigenvalue weighted by molar-refractivity contribution is 5.69. The number of carbonyl (C=O) groups excluding carboxylic acids is 1. The molecule has 0 aromatic heterocycles. The second kappa shape index (κ2) is 6.99. The second-order valence-corrected chi connectivity index (χ2v) is 7.49. The number of aryl methyl sites for hydroxylation is 1. The summed E-state index contributed by atoms with van der Waals surface area (Å²) in [4.78, 5) is 12.1. The quantitative estimate of drug-likeness (QED) is 0.671. The number of rotatable bonds is 4. The molecule has 0 radical (unpaired) electrons. The minimum Gasteiger partial charge on any atom is -0.508 e. The van der Waals surface area contributed by atoms with Crippen LogP contribution in [-0.2, 0) is 17.6 Å². The Morgan fingerprint density at radius 2 is 1.92 bits per heavy atom. The first-order valence-corrected chi connectivity index (χ1v) is 8.23. The van der Waals surface area contributed by atoms with Crippen LogP contribution in [0.3, 0.4) is 0 Å². The highest BCUT2D eigenvalue weighted by atomic mass is 16.6. The molecule has 4 N–H and O–H groups in total. The highest BCUT2D eigenvalue weighted by Crippen LogP contribution is 2.34. The van der Waals surface area contributed by atoms with E-state index < -0.39 is 17.2 Å². The number of aromatic hydroxyl groups is 1. The lowest BCUT2D eigenvalue weighted by atomic mass is 9.73. The van der Waals surface area contributed by atoms with Crippen molar-refractivity contribution in [1.82, 2.24) is 5.32 Å². The van der Waals surface area contributed by atoms with Gasteiger partial charge in [0, 0.05) is 0 Å². The van der Waals surface area contributed by atoms with Crippen LogP contribution in [-0.4, -0.2) is 45.8 Å². The van der Waals surface area contributed by atoms with Crippen molar-refractivity contribution in [3.05, 3.63) is 29.3 Å². The number of nitrogens with one attached hydrogen (secondary N) is 1. The second-order valence-electron chi connectivity index (χ2n) is 7.49. The van der Waals surface area contributed by atoms with Gasteiger partial charge < -0.3 is 25.4 Å². The maximum atomic E-state index is 12.1. The topological polar surface area (TPSA) is 99.0 Å². The van der Waals surface area contributed by atoms with Crippen molar-refractivity contribution in [3.63, 3.8) is 0 Å². The first-order chi connectivity index (χ1) is 11.2. The molecular formula is C18H27NO5. The molecule has 1 amide bonds. The third-order valence-electron chi connectivity index (χ3n) is 4.51. The average Bonchev–Trinajstić information content (AvgIpc) is 2.50. The van der Waals surface area contributed by atoms with Gasteiger partial charge in [-0.05, 0) is 69.2 Å². The van der Waals surface area contributed by atoms with Gasteiger partial charge in [-0.3, -0.25) is 0 Å². The number of aliphatic hydroxyl groups excluding tert-OH is 2. The van der Waals surface area contributed by atoms with E-state index in [9.17, 15) is 20.1 Å². The van der Waals surface area contributed by atoms with Crippen LogP contribution in [0.15, 0.2) is 18.2 Å². The zero-order chi connectivity index (χ0) is 18.0. The van der Waals surface area contributed by atoms with Crippen molar-refractivity contribution in [3.8, 4) is 5.75 Å². The number of phenolic OH excluding ortho intramolecular Hbond substituents is 1. The third kappa shape index (κ3) is 4.19. The van der Waals surface area contributed by atoms with Gasteiger partial charge in [-0.15, -0.1) is 0 Å². The van der Waals surface area contributed by atoms with E-state index in [1.807, 2.05) is 6.07 Å². The Bertz CT molecular complexity index is 590. The molecule has 24 heavy (non-hydrogen) atoms. The molecule has 134 valence electrons. The molecule has 1 aliphatic rings. The van der Waals surface area contributed by atoms with Gasteiger partial charge in [0.2, 0.25) is 0 Å². The van der Waals surface area contributed by atoms with Gasteiger partial charge in [0.15, 0.2) is 0 Å². The number of hydrogen-bond donors (Lipinski definition) is 4. The molecule has 6 nitrogen and oxygen atoms in total. The minimum atomic E-state index is -1.14. The van der Waals surface area contributed by atoms with E-state index in [4.69, 9.17) is 4.74 Å². The van der Waals surface area contributed by atoms with Crippen LogP contribution < -0.4 is 5.32 Å². The number of ether oxygens (including phenoxy) is 1. The Hall–Kier alpha value is -1.79. The number of amides is 1. The van der Waals surface area contributed by atoms with Gasteiger partial charge in [0.25, 0.3) is 0 Å². The van der Waals surface area contributed by atoms with Crippen LogP contribution >= 0.6 is 0 Å². The predicted molar refractivity (Wildman–Crippen MR) is 89.9 cm³/mol. The smallest absolute Gasteiger partial charge is 0.408 e. The molecule has 0 aliphatic heterocycles. The molecule has 1 aliphatic carbocycles. The molecule has 0 bridgehead atoms. The predicted octanol–water partition coefficient (Wildman–Crippen LogP) is 1.75. The molecule has 0 fully saturated rings. The first kappa shape index (κ1) is 18.5. The highest BCUT2D eigenvalue weighted by Gasteiger charge is 2.41. The Labute approximate surface area is 142 Å². The van der Waals surface area contributed by atoms with Gasteiger partial charge in [-0.25, -0.2) is 4.79 Å². The van der Waals surface area contributed by atoms with E-state index in [1.165, 1.54) is 0 Å². The van der Waals surface area contributed by atoms with Crippen LogP contribution in [0.1, 0.15) is 38.3 Å². The Balaban J connectivity index is 2.18. The van der Waals surface area contributed by atoms with E-state index >= 15 is 0 Å². The van der Waals surface area contributed by atoms with Crippen molar-refractivity contribution < 1.29 is 24.9 Å². The fraction of sp³-hybridized carbons (Fsp3) is 0.611. The molecule has 1 atom stereocenters. The van der Waals surface area contributed by atoms with E-state index in [-0.39, 0.29) is 24.9 Å². The molecule has 0 unspecified atom stereocenters. The molecule has 0 spiro atoms. The number of benzene rings is 1. The maximum absolute atomic E-state index is 12.1. The van der Waals surface area contributed by atoms with Gasteiger partial charge in [0.05, 0.1) is 18.8 Å². The molecule has 1 aromatic carbocycles. The fourth-order valence-corrected chi connectivity index (χ4v) is 3.21. The fourth-order valence-electron chi connectivity index (χ4n) is 3.21. The lowest BCUT2D eigenvalue weighted by molar-refractivity contribution is 0.00932. The average molecular weight is 337 g/mol. The van der Waals surface area contributed by atoms with E-state index in [0.717, 1.165) is 11.1 Å². The first-order valence-electron chi connectivity index (χ1n) is 8.23. The lowest BCUT2D eigenvalue weighted by Gasteiger charge is -2.41. The van der Waals surface area contributed by atoms with E-state index in [0.29, 0.717) is 19.3 Å². The summed E-state index contributed by atoms with van der Waals surface area (Å²) in [6, 6.07) is 5.22. The van der Waals surface area contributed by atoms with E-state index in [2.05, 4.69) is 5.32 Å². The zero-order valence-electron chi connectivity index (χ0n) is 14.5. The van der Waals surface area contributed by atoms with Gasteiger partial charge in [-0.1, -0.05) is 6.07 Å². The summed E-state index contributed by atoms with van der Waals surface area (Å²) >= 11 is 0. The SMILES string of the molecule is CC(C)(C)OC(=O)NC(CO)(CO)[C@@H]1CCc2cc(O)ccc2C1. The van der Waals surface area contributed by atoms with Gasteiger partial charge in [0.1, 0.15) is 11.4 Å². The molecular weight excluding hydrogens is 310 g/mol. The number of fused-ring (bicyclic) bond motifs is 1. The van der Waals surface area contributed by atoms with Crippen molar-refractivity contribution >= 4 is 6.09 Å². The molecule has 6 heteroatoms. The monoisotopic (exact) mass is 337 g/mol. The number of aliphatic hydroxyl groups is 2. The Morgan fingerprint density at radius 1 is 1.25 bits per heavy atom. The summed E-state index contributed by atoms with van der Waals surface area (Å²) in [6.07, 6.45) is 1.36. The lowest BCUT2D eigenvalue weighted by Crippen LogP contribution is -2.61. The Kier molecular flexibility index (Phi) is 5.40. The molecule has 2 rings (SSSR count). The van der Waals surface area contributed by atoms with E-state index in [1.54, 1.807) is 32.9 Å². The summed E-state index contributed by atoms with van der Waals surface area (Å²) in [5, 5.41) is 32.1. The molecule has 1 aromatic rings. The normalized spacial score (nSPS) is 18.0. The zero-order valence-corrected chi connectivity index (χ0v) is 14.5. The number of carbonyl (C=O) groups is 1. The largest absolute Gasteiger partial charge is 0.508 e. The van der Waals surface area contributed by atoms with Crippen molar-refractivity contribution in [1.29, 1.82) is 0 Å².